The second kappa shape index (κ2) is 4.26. The Morgan fingerprint density at radius 3 is 2.86 bits per heavy atom. The summed E-state index contributed by atoms with van der Waals surface area (Å²) in [6.45, 7) is 5.22. The SMILES string of the molecule is CCNc1cc(N2CCCC2)ncn1. The van der Waals surface area contributed by atoms with Crippen LogP contribution in [0.1, 0.15) is 19.8 Å². The van der Waals surface area contributed by atoms with Crippen LogP contribution in [-0.2, 0) is 0 Å². The van der Waals surface area contributed by atoms with Crippen LogP contribution in [-0.4, -0.2) is 29.6 Å². The highest BCUT2D eigenvalue weighted by Gasteiger charge is 2.13. The number of nitrogens with one attached hydrogen (secondary N) is 1. The van der Waals surface area contributed by atoms with Crippen LogP contribution in [0.25, 0.3) is 0 Å². The predicted molar refractivity (Wildman–Crippen MR) is 57.6 cm³/mol. The van der Waals surface area contributed by atoms with Gasteiger partial charge >= 0.3 is 0 Å². The van der Waals surface area contributed by atoms with E-state index in [0.717, 1.165) is 31.3 Å². The molecule has 0 radical (unpaired) electrons. The standard InChI is InChI=1S/C10H16N4/c1-2-11-9-7-10(13-8-12-9)14-5-3-4-6-14/h7-8H,2-6H2,1H3,(H,11,12,13). The van der Waals surface area contributed by atoms with Crippen LogP contribution >= 0.6 is 0 Å². The second-order valence-electron chi connectivity index (χ2n) is 3.49. The molecule has 1 aliphatic heterocycles. The van der Waals surface area contributed by atoms with Crippen molar-refractivity contribution in [3.8, 4) is 0 Å². The van der Waals surface area contributed by atoms with Crippen molar-refractivity contribution in [1.82, 2.24) is 9.97 Å². The van der Waals surface area contributed by atoms with Gasteiger partial charge in [0.2, 0.25) is 0 Å². The van der Waals surface area contributed by atoms with Crippen LogP contribution in [0.5, 0.6) is 0 Å². The number of hydrogen-bond acceptors (Lipinski definition) is 4. The molecule has 0 unspecified atom stereocenters. The molecule has 2 rings (SSSR count). The van der Waals surface area contributed by atoms with Gasteiger partial charge in [0.1, 0.15) is 18.0 Å². The minimum absolute atomic E-state index is 0.899. The van der Waals surface area contributed by atoms with Crippen molar-refractivity contribution in [2.75, 3.05) is 29.9 Å². The molecule has 0 spiro atoms. The molecule has 1 saturated heterocycles. The normalized spacial score (nSPS) is 15.9. The summed E-state index contributed by atoms with van der Waals surface area (Å²) >= 11 is 0. The Balaban J connectivity index is 2.12. The lowest BCUT2D eigenvalue weighted by Gasteiger charge is -2.16. The van der Waals surface area contributed by atoms with E-state index in [2.05, 4.69) is 27.1 Å². The highest BCUT2D eigenvalue weighted by atomic mass is 15.2. The lowest BCUT2D eigenvalue weighted by molar-refractivity contribution is 0.926. The molecule has 0 bridgehead atoms. The van der Waals surface area contributed by atoms with Crippen LogP contribution in [0, 0.1) is 0 Å². The van der Waals surface area contributed by atoms with E-state index >= 15 is 0 Å². The van der Waals surface area contributed by atoms with Gasteiger partial charge < -0.3 is 10.2 Å². The monoisotopic (exact) mass is 192 g/mol. The Labute approximate surface area is 84.4 Å². The summed E-state index contributed by atoms with van der Waals surface area (Å²) in [5, 5.41) is 3.19. The van der Waals surface area contributed by atoms with Gasteiger partial charge in [-0.1, -0.05) is 0 Å². The van der Waals surface area contributed by atoms with Crippen molar-refractivity contribution >= 4 is 11.6 Å². The lowest BCUT2D eigenvalue weighted by atomic mass is 10.4. The first kappa shape index (κ1) is 9.24. The van der Waals surface area contributed by atoms with Gasteiger partial charge in [-0.3, -0.25) is 0 Å². The zero-order valence-corrected chi connectivity index (χ0v) is 8.53. The van der Waals surface area contributed by atoms with Crippen LogP contribution in [0.15, 0.2) is 12.4 Å². The molecule has 4 heteroatoms. The fourth-order valence-electron chi connectivity index (χ4n) is 1.74. The largest absolute Gasteiger partial charge is 0.370 e. The first-order chi connectivity index (χ1) is 6.90. The van der Waals surface area contributed by atoms with Crippen molar-refractivity contribution in [3.63, 3.8) is 0 Å². The second-order valence-corrected chi connectivity index (χ2v) is 3.49. The van der Waals surface area contributed by atoms with E-state index in [4.69, 9.17) is 0 Å². The van der Waals surface area contributed by atoms with Crippen molar-refractivity contribution in [2.45, 2.75) is 19.8 Å². The third-order valence-electron chi connectivity index (χ3n) is 2.44. The Bertz CT molecular complexity index is 294. The molecule has 14 heavy (non-hydrogen) atoms. The fourth-order valence-corrected chi connectivity index (χ4v) is 1.74. The van der Waals surface area contributed by atoms with Gasteiger partial charge in [-0.15, -0.1) is 0 Å². The lowest BCUT2D eigenvalue weighted by Crippen LogP contribution is -2.19. The highest BCUT2D eigenvalue weighted by Crippen LogP contribution is 2.18. The molecule has 1 aromatic heterocycles. The van der Waals surface area contributed by atoms with Crippen molar-refractivity contribution in [1.29, 1.82) is 0 Å². The average Bonchev–Trinajstić information content (AvgIpc) is 2.71. The zero-order chi connectivity index (χ0) is 9.80. The fraction of sp³-hybridized carbons (Fsp3) is 0.600. The van der Waals surface area contributed by atoms with Gasteiger partial charge in [0.05, 0.1) is 0 Å². The molecule has 0 atom stereocenters. The minimum atomic E-state index is 0.899. The summed E-state index contributed by atoms with van der Waals surface area (Å²) in [6.07, 6.45) is 4.19. The van der Waals surface area contributed by atoms with Crippen LogP contribution in [0.2, 0.25) is 0 Å². The maximum Gasteiger partial charge on any atom is 0.134 e. The number of nitrogens with zero attached hydrogens (tertiary/aromatic N) is 3. The first-order valence-electron chi connectivity index (χ1n) is 5.21. The summed E-state index contributed by atoms with van der Waals surface area (Å²) in [5.41, 5.74) is 0. The van der Waals surface area contributed by atoms with Gasteiger partial charge in [0.25, 0.3) is 0 Å². The average molecular weight is 192 g/mol. The van der Waals surface area contributed by atoms with E-state index in [1.54, 1.807) is 6.33 Å². The van der Waals surface area contributed by atoms with E-state index in [9.17, 15) is 0 Å². The quantitative estimate of drug-likeness (QED) is 0.788. The molecule has 1 N–H and O–H groups in total. The van der Waals surface area contributed by atoms with Crippen LogP contribution in [0.3, 0.4) is 0 Å². The van der Waals surface area contributed by atoms with E-state index in [-0.39, 0.29) is 0 Å². The number of aromatic nitrogens is 2. The molecule has 1 aromatic rings. The molecule has 0 saturated carbocycles. The van der Waals surface area contributed by atoms with E-state index in [0.29, 0.717) is 0 Å². The maximum atomic E-state index is 4.28. The molecule has 2 heterocycles. The molecule has 1 aliphatic rings. The van der Waals surface area contributed by atoms with Gasteiger partial charge in [0.15, 0.2) is 0 Å². The van der Waals surface area contributed by atoms with Crippen molar-refractivity contribution < 1.29 is 0 Å². The predicted octanol–water partition coefficient (Wildman–Crippen LogP) is 1.51. The molecule has 1 fully saturated rings. The minimum Gasteiger partial charge on any atom is -0.370 e. The summed E-state index contributed by atoms with van der Waals surface area (Å²) < 4.78 is 0. The summed E-state index contributed by atoms with van der Waals surface area (Å²) in [6, 6.07) is 2.02. The summed E-state index contributed by atoms with van der Waals surface area (Å²) in [7, 11) is 0. The third-order valence-corrected chi connectivity index (χ3v) is 2.44. The first-order valence-corrected chi connectivity index (χ1v) is 5.21. The summed E-state index contributed by atoms with van der Waals surface area (Å²) in [5.74, 6) is 1.97. The van der Waals surface area contributed by atoms with Gasteiger partial charge in [0, 0.05) is 25.7 Å². The van der Waals surface area contributed by atoms with E-state index in [1.165, 1.54) is 12.8 Å². The third kappa shape index (κ3) is 1.95. The van der Waals surface area contributed by atoms with E-state index in [1.807, 2.05) is 6.07 Å². The molecular formula is C10H16N4. The maximum absolute atomic E-state index is 4.28. The van der Waals surface area contributed by atoms with Crippen LogP contribution < -0.4 is 10.2 Å². The highest BCUT2D eigenvalue weighted by molar-refractivity contribution is 5.48. The zero-order valence-electron chi connectivity index (χ0n) is 8.53. The molecule has 0 aliphatic carbocycles. The molecule has 0 amide bonds. The number of rotatable bonds is 3. The molecule has 0 aromatic carbocycles. The Kier molecular flexibility index (Phi) is 2.81. The van der Waals surface area contributed by atoms with E-state index < -0.39 is 0 Å². The Morgan fingerprint density at radius 1 is 1.36 bits per heavy atom. The van der Waals surface area contributed by atoms with Gasteiger partial charge in [-0.25, -0.2) is 9.97 Å². The number of hydrogen-bond donors (Lipinski definition) is 1. The van der Waals surface area contributed by atoms with Crippen molar-refractivity contribution in [3.05, 3.63) is 12.4 Å². The number of anilines is 2. The Hall–Kier alpha value is -1.32. The topological polar surface area (TPSA) is 41.0 Å². The molecule has 76 valence electrons. The molecule has 4 nitrogen and oxygen atoms in total. The smallest absolute Gasteiger partial charge is 0.134 e. The Morgan fingerprint density at radius 2 is 2.14 bits per heavy atom. The summed E-state index contributed by atoms with van der Waals surface area (Å²) in [4.78, 5) is 10.7. The molecular weight excluding hydrogens is 176 g/mol. The van der Waals surface area contributed by atoms with Crippen LogP contribution in [0.4, 0.5) is 11.6 Å². The van der Waals surface area contributed by atoms with Gasteiger partial charge in [-0.2, -0.15) is 0 Å². The van der Waals surface area contributed by atoms with Crippen molar-refractivity contribution in [2.24, 2.45) is 0 Å². The van der Waals surface area contributed by atoms with Gasteiger partial charge in [-0.05, 0) is 19.8 Å².